The Morgan fingerprint density at radius 1 is 1.36 bits per heavy atom. The molecule has 1 heterocycles. The van der Waals surface area contributed by atoms with Gasteiger partial charge in [0.1, 0.15) is 5.75 Å². The molecule has 1 amide bonds. The van der Waals surface area contributed by atoms with E-state index in [-0.39, 0.29) is 12.5 Å². The number of hydrogen-bond acceptors (Lipinski definition) is 4. The van der Waals surface area contributed by atoms with Crippen molar-refractivity contribution >= 4 is 11.6 Å². The third-order valence-corrected chi connectivity index (χ3v) is 4.02. The van der Waals surface area contributed by atoms with E-state index in [9.17, 15) is 9.90 Å². The fourth-order valence-electron chi connectivity index (χ4n) is 2.59. The summed E-state index contributed by atoms with van der Waals surface area (Å²) in [4.78, 5) is 13.7. The van der Waals surface area contributed by atoms with Crippen LogP contribution in [0.4, 0.5) is 5.69 Å². The van der Waals surface area contributed by atoms with Crippen LogP contribution in [0.1, 0.15) is 44.8 Å². The first kappa shape index (κ1) is 16.8. The van der Waals surface area contributed by atoms with Crippen LogP contribution in [0.5, 0.6) is 5.75 Å². The molecule has 1 atom stereocenters. The zero-order valence-corrected chi connectivity index (χ0v) is 13.5. The molecule has 1 aliphatic rings. The number of nitrogens with zero attached hydrogens (tertiary/aromatic N) is 1. The van der Waals surface area contributed by atoms with Crippen molar-refractivity contribution < 1.29 is 14.6 Å². The number of rotatable bonds is 8. The van der Waals surface area contributed by atoms with Gasteiger partial charge in [0.25, 0.3) is 5.91 Å². The second-order valence-electron chi connectivity index (χ2n) is 5.68. The summed E-state index contributed by atoms with van der Waals surface area (Å²) in [7, 11) is 0. The molecule has 0 fully saturated rings. The quantitative estimate of drug-likeness (QED) is 0.775. The number of ether oxygens (including phenoxy) is 1. The Balaban J connectivity index is 1.93. The first-order valence-corrected chi connectivity index (χ1v) is 8.11. The van der Waals surface area contributed by atoms with Crippen LogP contribution in [0.3, 0.4) is 0 Å². The molecule has 0 aliphatic carbocycles. The number of carbonyl (C=O) groups excluding carboxylic acids is 1. The van der Waals surface area contributed by atoms with E-state index in [1.807, 2.05) is 12.1 Å². The molecule has 0 saturated carbocycles. The molecule has 0 saturated heterocycles. The maximum atomic E-state index is 11.4. The fourth-order valence-corrected chi connectivity index (χ4v) is 2.59. The molecule has 1 aromatic rings. The van der Waals surface area contributed by atoms with Crippen LogP contribution in [-0.4, -0.2) is 42.2 Å². The predicted octanol–water partition coefficient (Wildman–Crippen LogP) is 2.56. The van der Waals surface area contributed by atoms with Gasteiger partial charge in [-0.25, -0.2) is 0 Å². The van der Waals surface area contributed by atoms with Gasteiger partial charge in [0.15, 0.2) is 6.61 Å². The van der Waals surface area contributed by atoms with Gasteiger partial charge in [-0.05, 0) is 43.6 Å². The maximum Gasteiger partial charge on any atom is 0.262 e. The average molecular weight is 306 g/mol. The van der Waals surface area contributed by atoms with E-state index in [2.05, 4.69) is 24.1 Å². The van der Waals surface area contributed by atoms with Crippen molar-refractivity contribution in [1.82, 2.24) is 4.90 Å². The number of anilines is 1. The summed E-state index contributed by atoms with van der Waals surface area (Å²) in [5.41, 5.74) is 1.46. The van der Waals surface area contributed by atoms with Gasteiger partial charge in [-0.15, -0.1) is 0 Å². The molecule has 5 heteroatoms. The van der Waals surface area contributed by atoms with Crippen LogP contribution in [0.25, 0.3) is 0 Å². The lowest BCUT2D eigenvalue weighted by Crippen LogP contribution is -2.27. The van der Waals surface area contributed by atoms with Gasteiger partial charge >= 0.3 is 0 Å². The lowest BCUT2D eigenvalue weighted by Gasteiger charge is -2.23. The summed E-state index contributed by atoms with van der Waals surface area (Å²) < 4.78 is 5.33. The molecular formula is C17H26N2O3. The largest absolute Gasteiger partial charge is 0.482 e. The predicted molar refractivity (Wildman–Crippen MR) is 87.2 cm³/mol. The number of amides is 1. The monoisotopic (exact) mass is 306 g/mol. The van der Waals surface area contributed by atoms with E-state index in [0.717, 1.165) is 25.2 Å². The fraction of sp³-hybridized carbons (Fsp3) is 0.588. The van der Waals surface area contributed by atoms with Crippen LogP contribution in [0, 0.1) is 0 Å². The number of unbranched alkanes of at least 4 members (excludes halogenated alkanes) is 1. The first-order chi connectivity index (χ1) is 10.6. The Hall–Kier alpha value is -1.59. The van der Waals surface area contributed by atoms with Crippen molar-refractivity contribution in [1.29, 1.82) is 0 Å². The van der Waals surface area contributed by atoms with Gasteiger partial charge in [0.05, 0.1) is 11.8 Å². The second kappa shape index (κ2) is 8.15. The van der Waals surface area contributed by atoms with Gasteiger partial charge < -0.3 is 20.1 Å². The zero-order chi connectivity index (χ0) is 15.9. The number of fused-ring (bicyclic) bond motifs is 1. The summed E-state index contributed by atoms with van der Waals surface area (Å²) in [6.07, 6.45) is 2.53. The van der Waals surface area contributed by atoms with E-state index in [1.54, 1.807) is 6.07 Å². The molecule has 122 valence electrons. The Kier molecular flexibility index (Phi) is 6.21. The Labute approximate surface area is 132 Å². The molecule has 0 aromatic heterocycles. The highest BCUT2D eigenvalue weighted by Gasteiger charge is 2.18. The first-order valence-electron chi connectivity index (χ1n) is 8.11. The van der Waals surface area contributed by atoms with Crippen LogP contribution < -0.4 is 10.1 Å². The van der Waals surface area contributed by atoms with Gasteiger partial charge in [0, 0.05) is 6.54 Å². The van der Waals surface area contributed by atoms with Crippen molar-refractivity contribution in [2.45, 2.75) is 39.2 Å². The number of hydrogen-bond donors (Lipinski definition) is 2. The zero-order valence-electron chi connectivity index (χ0n) is 13.5. The second-order valence-corrected chi connectivity index (χ2v) is 5.68. The normalized spacial score (nSPS) is 15.2. The molecule has 5 nitrogen and oxygen atoms in total. The maximum absolute atomic E-state index is 11.4. The topological polar surface area (TPSA) is 61.8 Å². The molecule has 1 aromatic carbocycles. The lowest BCUT2D eigenvalue weighted by atomic mass is 10.0. The average Bonchev–Trinajstić information content (AvgIpc) is 2.54. The van der Waals surface area contributed by atoms with E-state index < -0.39 is 6.10 Å². The van der Waals surface area contributed by atoms with Crippen LogP contribution in [0.2, 0.25) is 0 Å². The van der Waals surface area contributed by atoms with Crippen LogP contribution >= 0.6 is 0 Å². The summed E-state index contributed by atoms with van der Waals surface area (Å²) in [5, 5.41) is 13.2. The summed E-state index contributed by atoms with van der Waals surface area (Å²) >= 11 is 0. The Bertz CT molecular complexity index is 505. The van der Waals surface area contributed by atoms with E-state index in [0.29, 0.717) is 17.9 Å². The Morgan fingerprint density at radius 2 is 2.18 bits per heavy atom. The molecular weight excluding hydrogens is 280 g/mol. The van der Waals surface area contributed by atoms with Gasteiger partial charge in [0.2, 0.25) is 0 Å². The highest BCUT2D eigenvalue weighted by Crippen LogP contribution is 2.31. The number of carbonyl (C=O) groups is 1. The summed E-state index contributed by atoms with van der Waals surface area (Å²) in [6, 6.07) is 5.48. The molecule has 0 spiro atoms. The molecule has 2 N–H and O–H groups in total. The standard InChI is InChI=1S/C17H26N2O3/c1-3-5-9-19(4-2)10-8-15(20)13-6-7-16-14(11-13)18-17(21)12-22-16/h6-7,11,15,20H,3-5,8-10,12H2,1-2H3,(H,18,21). The van der Waals surface area contributed by atoms with Gasteiger partial charge in [-0.3, -0.25) is 4.79 Å². The van der Waals surface area contributed by atoms with Crippen LogP contribution in [-0.2, 0) is 4.79 Å². The van der Waals surface area contributed by atoms with E-state index in [4.69, 9.17) is 4.74 Å². The third-order valence-electron chi connectivity index (χ3n) is 4.02. The number of benzene rings is 1. The minimum absolute atomic E-state index is 0.0534. The number of aliphatic hydroxyl groups is 1. The highest BCUT2D eigenvalue weighted by molar-refractivity contribution is 5.95. The number of aliphatic hydroxyl groups excluding tert-OH is 1. The molecule has 2 rings (SSSR count). The SMILES string of the molecule is CCCCN(CC)CCC(O)c1ccc2c(c1)NC(=O)CO2. The molecule has 0 bridgehead atoms. The van der Waals surface area contributed by atoms with Gasteiger partial charge in [-0.2, -0.15) is 0 Å². The lowest BCUT2D eigenvalue weighted by molar-refractivity contribution is -0.118. The van der Waals surface area contributed by atoms with E-state index in [1.165, 1.54) is 12.8 Å². The summed E-state index contributed by atoms with van der Waals surface area (Å²) in [5.74, 6) is 0.504. The van der Waals surface area contributed by atoms with Crippen molar-refractivity contribution in [3.05, 3.63) is 23.8 Å². The summed E-state index contributed by atoms with van der Waals surface area (Å²) in [6.45, 7) is 7.34. The Morgan fingerprint density at radius 3 is 2.91 bits per heavy atom. The molecule has 0 radical (unpaired) electrons. The van der Waals surface area contributed by atoms with Crippen molar-refractivity contribution in [3.8, 4) is 5.75 Å². The van der Waals surface area contributed by atoms with E-state index >= 15 is 0 Å². The van der Waals surface area contributed by atoms with Crippen LogP contribution in [0.15, 0.2) is 18.2 Å². The molecule has 22 heavy (non-hydrogen) atoms. The van der Waals surface area contributed by atoms with Gasteiger partial charge in [-0.1, -0.05) is 26.3 Å². The third kappa shape index (κ3) is 4.45. The van der Waals surface area contributed by atoms with Crippen molar-refractivity contribution in [2.75, 3.05) is 31.6 Å². The molecule has 1 unspecified atom stereocenters. The highest BCUT2D eigenvalue weighted by atomic mass is 16.5. The smallest absolute Gasteiger partial charge is 0.262 e. The minimum Gasteiger partial charge on any atom is -0.482 e. The minimum atomic E-state index is -0.528. The molecule has 1 aliphatic heterocycles. The number of nitrogens with one attached hydrogen (secondary N) is 1. The van der Waals surface area contributed by atoms with Crippen molar-refractivity contribution in [3.63, 3.8) is 0 Å². The van der Waals surface area contributed by atoms with Crippen molar-refractivity contribution in [2.24, 2.45) is 0 Å².